The molecule has 0 aliphatic heterocycles. The minimum Gasteiger partial charge on any atom is -0.276 e. The summed E-state index contributed by atoms with van der Waals surface area (Å²) in [6.45, 7) is 0. The zero-order valence-corrected chi connectivity index (χ0v) is 11.4. The van der Waals surface area contributed by atoms with Gasteiger partial charge in [-0.1, -0.05) is 23.2 Å². The minimum atomic E-state index is -4.40. The number of carbonyl (C=O) groups is 1. The van der Waals surface area contributed by atoms with Crippen LogP contribution >= 0.6 is 45.5 Å². The molecule has 10 heteroatoms. The highest BCUT2D eigenvalue weighted by Crippen LogP contribution is 2.33. The molecule has 1 rings (SSSR count). The van der Waals surface area contributed by atoms with Crippen molar-refractivity contribution in [1.82, 2.24) is 4.98 Å². The normalized spacial score (nSPS) is 11.0. The zero-order valence-electron chi connectivity index (χ0n) is 7.54. The van der Waals surface area contributed by atoms with Gasteiger partial charge in [-0.15, -0.1) is 0 Å². The maximum absolute atomic E-state index is 11.2. The SMILES string of the molecule is N#Cc1c(Cl)nc(Cl)c(S(=O)(=O)Cl)c1C(=O)Cl. The molecule has 0 aromatic carbocycles. The molecule has 0 saturated heterocycles. The average molecular weight is 334 g/mol. The fourth-order valence-electron chi connectivity index (χ4n) is 1.02. The molecule has 0 aliphatic rings. The van der Waals surface area contributed by atoms with Crippen LogP contribution in [0.4, 0.5) is 0 Å². The van der Waals surface area contributed by atoms with Crippen LogP contribution in [0.15, 0.2) is 4.90 Å². The van der Waals surface area contributed by atoms with Crippen LogP contribution < -0.4 is 0 Å². The summed E-state index contributed by atoms with van der Waals surface area (Å²) >= 11 is 16.2. The van der Waals surface area contributed by atoms with Crippen LogP contribution in [-0.2, 0) is 9.05 Å². The number of pyridine rings is 1. The summed E-state index contributed by atoms with van der Waals surface area (Å²) in [5, 5.41) is 6.46. The van der Waals surface area contributed by atoms with Crippen LogP contribution in [0, 0.1) is 11.3 Å². The van der Waals surface area contributed by atoms with Gasteiger partial charge in [0, 0.05) is 10.7 Å². The molecule has 5 nitrogen and oxygen atoms in total. The van der Waals surface area contributed by atoms with Gasteiger partial charge in [0.1, 0.15) is 21.7 Å². The van der Waals surface area contributed by atoms with Crippen molar-refractivity contribution in [2.24, 2.45) is 0 Å². The van der Waals surface area contributed by atoms with E-state index in [0.29, 0.717) is 0 Å². The number of rotatable bonds is 2. The summed E-state index contributed by atoms with van der Waals surface area (Å²) in [6, 6.07) is 1.50. The van der Waals surface area contributed by atoms with E-state index in [4.69, 9.17) is 50.7 Å². The highest BCUT2D eigenvalue weighted by Gasteiger charge is 2.29. The number of hydrogen-bond acceptors (Lipinski definition) is 5. The Morgan fingerprint density at radius 3 is 2.18 bits per heavy atom. The maximum atomic E-state index is 11.2. The predicted octanol–water partition coefficient (Wildman–Crippen LogP) is 2.57. The molecule has 0 fully saturated rings. The first kappa shape index (κ1) is 14.5. The van der Waals surface area contributed by atoms with Crippen molar-refractivity contribution in [2.45, 2.75) is 4.90 Å². The molecule has 0 saturated carbocycles. The molecular formula is C7Cl4N2O3S. The molecular weight excluding hydrogens is 334 g/mol. The summed E-state index contributed by atoms with van der Waals surface area (Å²) < 4.78 is 22.5. The molecule has 90 valence electrons. The Morgan fingerprint density at radius 2 is 1.82 bits per heavy atom. The van der Waals surface area contributed by atoms with Gasteiger partial charge >= 0.3 is 0 Å². The smallest absolute Gasteiger partial charge is 0.265 e. The predicted molar refractivity (Wildman–Crippen MR) is 62.2 cm³/mol. The summed E-state index contributed by atoms with van der Waals surface area (Å²) in [6.07, 6.45) is 0. The monoisotopic (exact) mass is 332 g/mol. The minimum absolute atomic E-state index is 0.439. The first-order chi connectivity index (χ1) is 7.70. The molecule has 0 unspecified atom stereocenters. The lowest BCUT2D eigenvalue weighted by molar-refractivity contribution is 0.107. The molecule has 17 heavy (non-hydrogen) atoms. The van der Waals surface area contributed by atoms with Crippen LogP contribution in [0.3, 0.4) is 0 Å². The molecule has 1 heterocycles. The van der Waals surface area contributed by atoms with E-state index in [0.717, 1.165) is 0 Å². The lowest BCUT2D eigenvalue weighted by Gasteiger charge is -2.07. The lowest BCUT2D eigenvalue weighted by atomic mass is 10.2. The molecule has 0 aliphatic carbocycles. The van der Waals surface area contributed by atoms with E-state index in [1.165, 1.54) is 6.07 Å². The standard InChI is InChI=1S/C7Cl4N2O3S/c8-5-2(1-12)3(7(10)14)4(6(9)13-5)17(11,15)16. The van der Waals surface area contributed by atoms with E-state index in [2.05, 4.69) is 4.98 Å². The second-order valence-corrected chi connectivity index (χ2v) is 6.16. The number of nitrogens with zero attached hydrogens (tertiary/aromatic N) is 2. The third-order valence-corrected chi connectivity index (χ3v) is 3.82. The van der Waals surface area contributed by atoms with Crippen molar-refractivity contribution in [2.75, 3.05) is 0 Å². The largest absolute Gasteiger partial charge is 0.276 e. The fraction of sp³-hybridized carbons (Fsp3) is 0. The van der Waals surface area contributed by atoms with E-state index < -0.39 is 40.6 Å². The van der Waals surface area contributed by atoms with Gasteiger partial charge in [0.05, 0.1) is 5.56 Å². The second kappa shape index (κ2) is 4.96. The van der Waals surface area contributed by atoms with E-state index in [1.807, 2.05) is 0 Å². The van der Waals surface area contributed by atoms with Crippen LogP contribution in [-0.4, -0.2) is 18.6 Å². The van der Waals surface area contributed by atoms with Crippen molar-refractivity contribution in [3.63, 3.8) is 0 Å². The lowest BCUT2D eigenvalue weighted by Crippen LogP contribution is -2.07. The molecule has 0 amide bonds. The Hall–Kier alpha value is -0.580. The Balaban J connectivity index is 3.97. The zero-order chi connectivity index (χ0) is 13.4. The fourth-order valence-corrected chi connectivity index (χ4v) is 3.27. The highest BCUT2D eigenvalue weighted by atomic mass is 35.7. The first-order valence-electron chi connectivity index (χ1n) is 3.63. The van der Waals surface area contributed by atoms with Crippen LogP contribution in [0.2, 0.25) is 10.3 Å². The number of nitriles is 1. The molecule has 0 N–H and O–H groups in total. The topological polar surface area (TPSA) is 87.9 Å². The van der Waals surface area contributed by atoms with E-state index in [-0.39, 0.29) is 0 Å². The molecule has 0 atom stereocenters. The van der Waals surface area contributed by atoms with Gasteiger partial charge in [0.15, 0.2) is 5.15 Å². The van der Waals surface area contributed by atoms with Crippen molar-refractivity contribution >= 4 is 59.8 Å². The number of hydrogen-bond donors (Lipinski definition) is 0. The molecule has 0 radical (unpaired) electrons. The van der Waals surface area contributed by atoms with E-state index >= 15 is 0 Å². The number of carbonyl (C=O) groups excluding carboxylic acids is 1. The van der Waals surface area contributed by atoms with Gasteiger partial charge in [-0.2, -0.15) is 5.26 Å². The van der Waals surface area contributed by atoms with Crippen LogP contribution in [0.25, 0.3) is 0 Å². The van der Waals surface area contributed by atoms with Crippen molar-refractivity contribution < 1.29 is 13.2 Å². The van der Waals surface area contributed by atoms with Gasteiger partial charge in [-0.25, -0.2) is 13.4 Å². The van der Waals surface area contributed by atoms with Gasteiger partial charge < -0.3 is 0 Å². The maximum Gasteiger partial charge on any atom is 0.265 e. The summed E-state index contributed by atoms with van der Waals surface area (Å²) in [7, 11) is 0.683. The number of halogens is 4. The van der Waals surface area contributed by atoms with Gasteiger partial charge in [0.2, 0.25) is 0 Å². The average Bonchev–Trinajstić information content (AvgIpc) is 2.14. The van der Waals surface area contributed by atoms with Crippen molar-refractivity contribution in [1.29, 1.82) is 5.26 Å². The summed E-state index contributed by atoms with van der Waals surface area (Å²) in [4.78, 5) is 13.7. The van der Waals surface area contributed by atoms with E-state index in [9.17, 15) is 13.2 Å². The van der Waals surface area contributed by atoms with Gasteiger partial charge in [-0.3, -0.25) is 4.79 Å². The van der Waals surface area contributed by atoms with Crippen molar-refractivity contribution in [3.8, 4) is 6.07 Å². The Kier molecular flexibility index (Phi) is 4.23. The highest BCUT2D eigenvalue weighted by molar-refractivity contribution is 8.13. The van der Waals surface area contributed by atoms with Crippen LogP contribution in [0.5, 0.6) is 0 Å². The third kappa shape index (κ3) is 2.81. The summed E-state index contributed by atoms with van der Waals surface area (Å²) in [5.74, 6) is 0. The molecule has 1 aromatic heterocycles. The third-order valence-electron chi connectivity index (χ3n) is 1.62. The van der Waals surface area contributed by atoms with Gasteiger partial charge in [-0.05, 0) is 11.6 Å². The summed E-state index contributed by atoms with van der Waals surface area (Å²) in [5.41, 5.74) is -1.19. The quantitative estimate of drug-likeness (QED) is 0.613. The Bertz CT molecular complexity index is 650. The Labute approximate surface area is 115 Å². The Morgan fingerprint density at radius 1 is 1.29 bits per heavy atom. The molecule has 0 spiro atoms. The molecule has 1 aromatic rings. The first-order valence-corrected chi connectivity index (χ1v) is 7.08. The van der Waals surface area contributed by atoms with E-state index in [1.54, 1.807) is 0 Å². The second-order valence-electron chi connectivity index (χ2n) is 2.60. The van der Waals surface area contributed by atoms with Gasteiger partial charge in [0.25, 0.3) is 14.3 Å². The molecule has 0 bridgehead atoms. The van der Waals surface area contributed by atoms with Crippen molar-refractivity contribution in [3.05, 3.63) is 21.4 Å². The van der Waals surface area contributed by atoms with Crippen LogP contribution in [0.1, 0.15) is 15.9 Å². The number of aromatic nitrogens is 1.